The summed E-state index contributed by atoms with van der Waals surface area (Å²) in [6, 6.07) is 1.55. The quantitative estimate of drug-likeness (QED) is 0.810. The second-order valence-corrected chi connectivity index (χ2v) is 7.47. The molecule has 4 nitrogen and oxygen atoms in total. The highest BCUT2D eigenvalue weighted by molar-refractivity contribution is 5.79. The normalized spacial score (nSPS) is 30.0. The van der Waals surface area contributed by atoms with E-state index in [1.54, 1.807) is 0 Å². The molecule has 3 aliphatic rings. The van der Waals surface area contributed by atoms with Crippen LogP contribution in [0.4, 0.5) is 0 Å². The Bertz CT molecular complexity index is 357. The summed E-state index contributed by atoms with van der Waals surface area (Å²) in [7, 11) is 0. The fraction of sp³-hybridized carbons (Fsp3) is 0.944. The second kappa shape index (κ2) is 7.78. The zero-order valence-electron chi connectivity index (χ0n) is 14.2. The van der Waals surface area contributed by atoms with E-state index in [1.165, 1.54) is 71.0 Å². The number of rotatable bonds is 4. The van der Waals surface area contributed by atoms with Gasteiger partial charge in [-0.15, -0.1) is 0 Å². The standard InChI is InChI=1S/C18H33N3O/c1-2-20-11-9-15(10-12-20)19-16-13-18(22)21(14-16)17-7-5-3-4-6-8-17/h15-17,19H,2-14H2,1H3. The first-order valence-corrected chi connectivity index (χ1v) is 9.54. The van der Waals surface area contributed by atoms with Crippen LogP contribution in [0.1, 0.15) is 64.7 Å². The molecule has 1 unspecified atom stereocenters. The molecule has 0 spiro atoms. The van der Waals surface area contributed by atoms with Crippen LogP contribution >= 0.6 is 0 Å². The molecular weight excluding hydrogens is 274 g/mol. The molecule has 0 aromatic heterocycles. The van der Waals surface area contributed by atoms with Gasteiger partial charge in [-0.3, -0.25) is 4.79 Å². The molecule has 1 amide bonds. The SMILES string of the molecule is CCN1CCC(NC2CC(=O)N(C3CCCCCC3)C2)CC1. The monoisotopic (exact) mass is 307 g/mol. The van der Waals surface area contributed by atoms with Crippen LogP contribution in [0, 0.1) is 0 Å². The van der Waals surface area contributed by atoms with E-state index in [2.05, 4.69) is 22.0 Å². The third-order valence-electron chi connectivity index (χ3n) is 5.93. The van der Waals surface area contributed by atoms with Crippen LogP contribution in [0.2, 0.25) is 0 Å². The van der Waals surface area contributed by atoms with E-state index in [0.717, 1.165) is 13.0 Å². The predicted molar refractivity (Wildman–Crippen MR) is 89.9 cm³/mol. The Morgan fingerprint density at radius 1 is 1.00 bits per heavy atom. The average Bonchev–Trinajstić information content (AvgIpc) is 2.75. The van der Waals surface area contributed by atoms with Gasteiger partial charge in [-0.25, -0.2) is 0 Å². The van der Waals surface area contributed by atoms with Crippen molar-refractivity contribution in [3.8, 4) is 0 Å². The van der Waals surface area contributed by atoms with Crippen LogP contribution in [0.5, 0.6) is 0 Å². The maximum Gasteiger partial charge on any atom is 0.224 e. The second-order valence-electron chi connectivity index (χ2n) is 7.47. The first-order chi connectivity index (χ1) is 10.8. The van der Waals surface area contributed by atoms with Gasteiger partial charge < -0.3 is 15.1 Å². The Morgan fingerprint density at radius 3 is 2.32 bits per heavy atom. The fourth-order valence-corrected chi connectivity index (χ4v) is 4.51. The van der Waals surface area contributed by atoms with Gasteiger partial charge in [0.05, 0.1) is 0 Å². The Labute approximate surface area is 135 Å². The predicted octanol–water partition coefficient (Wildman–Crippen LogP) is 2.38. The van der Waals surface area contributed by atoms with E-state index in [-0.39, 0.29) is 0 Å². The van der Waals surface area contributed by atoms with Crippen molar-refractivity contribution in [1.29, 1.82) is 0 Å². The fourth-order valence-electron chi connectivity index (χ4n) is 4.51. The van der Waals surface area contributed by atoms with E-state index >= 15 is 0 Å². The molecule has 0 aromatic rings. The Balaban J connectivity index is 1.47. The lowest BCUT2D eigenvalue weighted by Crippen LogP contribution is -2.47. The molecule has 1 aliphatic carbocycles. The van der Waals surface area contributed by atoms with E-state index in [4.69, 9.17) is 0 Å². The summed E-state index contributed by atoms with van der Waals surface area (Å²) in [6.07, 6.45) is 11.0. The van der Waals surface area contributed by atoms with E-state index in [0.29, 0.717) is 24.0 Å². The maximum absolute atomic E-state index is 12.4. The van der Waals surface area contributed by atoms with Gasteiger partial charge in [-0.05, 0) is 45.3 Å². The topological polar surface area (TPSA) is 35.6 Å². The molecule has 0 bridgehead atoms. The first kappa shape index (κ1) is 16.3. The number of hydrogen-bond acceptors (Lipinski definition) is 3. The van der Waals surface area contributed by atoms with Crippen molar-refractivity contribution in [2.24, 2.45) is 0 Å². The lowest BCUT2D eigenvalue weighted by atomic mass is 10.0. The van der Waals surface area contributed by atoms with Crippen LogP contribution in [0.15, 0.2) is 0 Å². The molecule has 2 heterocycles. The third-order valence-corrected chi connectivity index (χ3v) is 5.93. The van der Waals surface area contributed by atoms with E-state index in [1.807, 2.05) is 0 Å². The van der Waals surface area contributed by atoms with Crippen LogP contribution in [-0.4, -0.2) is 60.0 Å². The van der Waals surface area contributed by atoms with Gasteiger partial charge >= 0.3 is 0 Å². The summed E-state index contributed by atoms with van der Waals surface area (Å²) in [5.41, 5.74) is 0. The number of carbonyl (C=O) groups is 1. The molecule has 0 radical (unpaired) electrons. The molecular formula is C18H33N3O. The van der Waals surface area contributed by atoms with Crippen molar-refractivity contribution in [2.45, 2.75) is 82.8 Å². The summed E-state index contributed by atoms with van der Waals surface area (Å²) in [6.45, 7) is 6.79. The van der Waals surface area contributed by atoms with Crippen molar-refractivity contribution < 1.29 is 4.79 Å². The van der Waals surface area contributed by atoms with Crippen molar-refractivity contribution >= 4 is 5.91 Å². The highest BCUT2D eigenvalue weighted by Gasteiger charge is 2.35. The number of hydrogen-bond donors (Lipinski definition) is 1. The van der Waals surface area contributed by atoms with E-state index in [9.17, 15) is 4.79 Å². The van der Waals surface area contributed by atoms with Gasteiger partial charge in [0.25, 0.3) is 0 Å². The Hall–Kier alpha value is -0.610. The minimum Gasteiger partial charge on any atom is -0.338 e. The minimum atomic E-state index is 0.397. The largest absolute Gasteiger partial charge is 0.338 e. The molecule has 126 valence electrons. The molecule has 1 saturated carbocycles. The molecule has 1 atom stereocenters. The molecule has 2 aliphatic heterocycles. The van der Waals surface area contributed by atoms with Crippen LogP contribution < -0.4 is 5.32 Å². The Kier molecular flexibility index (Phi) is 5.75. The van der Waals surface area contributed by atoms with Crippen LogP contribution in [0.3, 0.4) is 0 Å². The zero-order chi connectivity index (χ0) is 15.4. The number of likely N-dealkylation sites (tertiary alicyclic amines) is 2. The summed E-state index contributed by atoms with van der Waals surface area (Å²) in [5, 5.41) is 3.79. The molecule has 1 N–H and O–H groups in total. The molecule has 0 aromatic carbocycles. The Morgan fingerprint density at radius 2 is 1.68 bits per heavy atom. The maximum atomic E-state index is 12.4. The molecule has 3 fully saturated rings. The minimum absolute atomic E-state index is 0.397. The van der Waals surface area contributed by atoms with Gasteiger partial charge in [0, 0.05) is 31.1 Å². The van der Waals surface area contributed by atoms with Gasteiger partial charge in [-0.2, -0.15) is 0 Å². The lowest BCUT2D eigenvalue weighted by Gasteiger charge is -2.33. The van der Waals surface area contributed by atoms with Crippen molar-refractivity contribution in [1.82, 2.24) is 15.1 Å². The highest BCUT2D eigenvalue weighted by atomic mass is 16.2. The number of carbonyl (C=O) groups excluding carboxylic acids is 1. The summed E-state index contributed by atoms with van der Waals surface area (Å²) >= 11 is 0. The number of piperidine rings is 1. The third kappa shape index (κ3) is 4.02. The average molecular weight is 307 g/mol. The highest BCUT2D eigenvalue weighted by Crippen LogP contribution is 2.26. The molecule has 4 heteroatoms. The summed E-state index contributed by atoms with van der Waals surface area (Å²) in [4.78, 5) is 17.2. The number of nitrogens with one attached hydrogen (secondary N) is 1. The summed E-state index contributed by atoms with van der Waals surface area (Å²) < 4.78 is 0. The van der Waals surface area contributed by atoms with Gasteiger partial charge in [0.1, 0.15) is 0 Å². The zero-order valence-corrected chi connectivity index (χ0v) is 14.2. The molecule has 22 heavy (non-hydrogen) atoms. The first-order valence-electron chi connectivity index (χ1n) is 9.54. The van der Waals surface area contributed by atoms with E-state index < -0.39 is 0 Å². The number of amides is 1. The lowest BCUT2D eigenvalue weighted by molar-refractivity contribution is -0.129. The molecule has 2 saturated heterocycles. The number of nitrogens with zero attached hydrogens (tertiary/aromatic N) is 2. The van der Waals surface area contributed by atoms with Crippen molar-refractivity contribution in [3.63, 3.8) is 0 Å². The van der Waals surface area contributed by atoms with Crippen LogP contribution in [-0.2, 0) is 4.79 Å². The van der Waals surface area contributed by atoms with Crippen molar-refractivity contribution in [2.75, 3.05) is 26.2 Å². The van der Waals surface area contributed by atoms with Crippen molar-refractivity contribution in [3.05, 3.63) is 0 Å². The van der Waals surface area contributed by atoms with Gasteiger partial charge in [-0.1, -0.05) is 32.6 Å². The molecule has 3 rings (SSSR count). The summed E-state index contributed by atoms with van der Waals surface area (Å²) in [5.74, 6) is 0.399. The van der Waals surface area contributed by atoms with Crippen LogP contribution in [0.25, 0.3) is 0 Å². The van der Waals surface area contributed by atoms with Gasteiger partial charge in [0.15, 0.2) is 0 Å². The smallest absolute Gasteiger partial charge is 0.224 e. The van der Waals surface area contributed by atoms with Gasteiger partial charge in [0.2, 0.25) is 5.91 Å².